The number of nitrogens with one attached hydrogen (secondary N) is 1. The van der Waals surface area contributed by atoms with Gasteiger partial charge in [0.15, 0.2) is 0 Å². The number of halogens is 9. The Kier molecular flexibility index (Phi) is 7.00. The molecular weight excluding hydrogens is 545 g/mol. The molecule has 0 saturated carbocycles. The predicted molar refractivity (Wildman–Crippen MR) is 102 cm³/mol. The summed E-state index contributed by atoms with van der Waals surface area (Å²) in [7, 11) is 1.03. The summed E-state index contributed by atoms with van der Waals surface area (Å²) in [5.41, 5.74) is -9.10. The third kappa shape index (κ3) is 4.46. The largest absolute Gasteiger partial charge is 0.490 e. The monoisotopic (exact) mass is 552 g/mol. The van der Waals surface area contributed by atoms with Crippen LogP contribution in [0.3, 0.4) is 0 Å². The number of anilines is 1. The molecule has 174 valence electrons. The number of nitro benzene ring substituents is 1. The van der Waals surface area contributed by atoms with E-state index >= 15 is 0 Å². The van der Waals surface area contributed by atoms with Crippen LogP contribution in [0.5, 0.6) is 5.75 Å². The first-order chi connectivity index (χ1) is 14.6. The summed E-state index contributed by atoms with van der Waals surface area (Å²) >= 11 is 8.40. The number of carbonyl (C=O) groups is 1. The van der Waals surface area contributed by atoms with Gasteiger partial charge < -0.3 is 10.1 Å². The third-order valence-corrected chi connectivity index (χ3v) is 5.02. The second-order valence-electron chi connectivity index (χ2n) is 6.04. The van der Waals surface area contributed by atoms with Gasteiger partial charge in [0.1, 0.15) is 0 Å². The first-order valence-electron chi connectivity index (χ1n) is 8.00. The van der Waals surface area contributed by atoms with Crippen LogP contribution in [0, 0.1) is 10.1 Å². The molecule has 0 unspecified atom stereocenters. The Labute approximate surface area is 187 Å². The Bertz CT molecular complexity index is 1040. The minimum absolute atomic E-state index is 0.0631. The maximum atomic E-state index is 14.3. The molecule has 1 amide bonds. The molecule has 0 aliphatic rings. The SMILES string of the molecule is COc1c(C(=O)Nc2c(Cl)cc(C(F)(C(F)(F)F)C(F)(F)F)cc2Br)cccc1[N+](=O)[O-]. The number of nitro groups is 1. The van der Waals surface area contributed by atoms with Crippen LogP contribution in [0.1, 0.15) is 15.9 Å². The second-order valence-corrected chi connectivity index (χ2v) is 7.30. The minimum atomic E-state index is -6.37. The van der Waals surface area contributed by atoms with Crippen molar-refractivity contribution in [1.82, 2.24) is 0 Å². The first-order valence-corrected chi connectivity index (χ1v) is 9.18. The van der Waals surface area contributed by atoms with Crippen molar-refractivity contribution in [3.63, 3.8) is 0 Å². The topological polar surface area (TPSA) is 81.5 Å². The number of alkyl halides is 7. The smallest absolute Gasteiger partial charge is 0.435 e. The molecule has 0 fully saturated rings. The van der Waals surface area contributed by atoms with Crippen molar-refractivity contribution in [2.75, 3.05) is 12.4 Å². The van der Waals surface area contributed by atoms with Crippen LogP contribution >= 0.6 is 27.5 Å². The highest BCUT2D eigenvalue weighted by Gasteiger charge is 2.73. The normalized spacial score (nSPS) is 12.4. The van der Waals surface area contributed by atoms with Crippen LogP contribution in [0.4, 0.5) is 42.1 Å². The van der Waals surface area contributed by atoms with E-state index in [4.69, 9.17) is 16.3 Å². The maximum absolute atomic E-state index is 14.3. The van der Waals surface area contributed by atoms with Gasteiger partial charge in [-0.3, -0.25) is 14.9 Å². The zero-order chi connectivity index (χ0) is 24.6. The summed E-state index contributed by atoms with van der Waals surface area (Å²) in [4.78, 5) is 22.8. The van der Waals surface area contributed by atoms with E-state index in [0.717, 1.165) is 25.3 Å². The van der Waals surface area contributed by atoms with Crippen molar-refractivity contribution in [2.24, 2.45) is 0 Å². The number of nitrogens with zero attached hydrogens (tertiary/aromatic N) is 1. The molecule has 0 spiro atoms. The van der Waals surface area contributed by atoms with Gasteiger partial charge in [0, 0.05) is 16.1 Å². The fourth-order valence-corrected chi connectivity index (χ4v) is 3.56. The molecule has 0 aliphatic heterocycles. The highest BCUT2D eigenvalue weighted by molar-refractivity contribution is 9.10. The van der Waals surface area contributed by atoms with E-state index in [1.54, 1.807) is 0 Å². The molecular formula is C17H9BrClF7N2O4. The van der Waals surface area contributed by atoms with E-state index in [-0.39, 0.29) is 17.7 Å². The molecule has 32 heavy (non-hydrogen) atoms. The van der Waals surface area contributed by atoms with Crippen LogP contribution in [-0.2, 0) is 5.67 Å². The lowest BCUT2D eigenvalue weighted by Gasteiger charge is -2.30. The van der Waals surface area contributed by atoms with Gasteiger partial charge in [0.25, 0.3) is 5.91 Å². The first kappa shape index (κ1) is 25.6. The van der Waals surface area contributed by atoms with Crippen molar-refractivity contribution >= 4 is 44.8 Å². The Morgan fingerprint density at radius 2 is 1.69 bits per heavy atom. The standard InChI is InChI=1S/C17H9BrClF7N2O4/c1-32-13-8(3-2-4-11(13)28(30)31)14(29)27-12-9(18)5-7(6-10(12)19)15(20,16(21,22)23)17(24,25)26/h2-6H,1H3,(H,27,29). The fraction of sp³-hybridized carbons (Fsp3) is 0.235. The van der Waals surface area contributed by atoms with Crippen molar-refractivity contribution in [3.05, 3.63) is 61.1 Å². The number of hydrogen-bond donors (Lipinski definition) is 1. The van der Waals surface area contributed by atoms with Crippen molar-refractivity contribution in [2.45, 2.75) is 18.0 Å². The van der Waals surface area contributed by atoms with E-state index in [0.29, 0.717) is 0 Å². The van der Waals surface area contributed by atoms with Crippen LogP contribution in [0.25, 0.3) is 0 Å². The van der Waals surface area contributed by atoms with E-state index in [2.05, 4.69) is 21.2 Å². The van der Waals surface area contributed by atoms with Crippen LogP contribution in [-0.4, -0.2) is 30.3 Å². The van der Waals surface area contributed by atoms with Gasteiger partial charge in [0.2, 0.25) is 5.75 Å². The fourth-order valence-electron chi connectivity index (χ4n) is 2.62. The minimum Gasteiger partial charge on any atom is -0.490 e. The lowest BCUT2D eigenvalue weighted by atomic mass is 9.94. The Morgan fingerprint density at radius 3 is 2.12 bits per heavy atom. The van der Waals surface area contributed by atoms with Crippen LogP contribution < -0.4 is 10.1 Å². The van der Waals surface area contributed by atoms with Gasteiger partial charge in [-0.1, -0.05) is 17.7 Å². The van der Waals surface area contributed by atoms with E-state index in [1.165, 1.54) is 0 Å². The number of carbonyl (C=O) groups excluding carboxylic acids is 1. The van der Waals surface area contributed by atoms with Gasteiger partial charge in [-0.25, -0.2) is 4.39 Å². The molecule has 0 bridgehead atoms. The van der Waals surface area contributed by atoms with Crippen LogP contribution in [0.15, 0.2) is 34.8 Å². The summed E-state index contributed by atoms with van der Waals surface area (Å²) in [5, 5.41) is 12.3. The molecule has 1 N–H and O–H groups in total. The molecule has 0 aromatic heterocycles. The van der Waals surface area contributed by atoms with Gasteiger partial charge in [-0.2, -0.15) is 26.3 Å². The highest BCUT2D eigenvalue weighted by atomic mass is 79.9. The summed E-state index contributed by atoms with van der Waals surface area (Å²) < 4.78 is 96.4. The molecule has 0 radical (unpaired) electrons. The third-order valence-electron chi connectivity index (χ3n) is 4.10. The summed E-state index contributed by atoms with van der Waals surface area (Å²) in [6, 6.07) is 3.50. The van der Waals surface area contributed by atoms with Gasteiger partial charge in [-0.05, 0) is 34.1 Å². The molecule has 2 rings (SSSR count). The average Bonchev–Trinajstić information content (AvgIpc) is 2.67. The molecule has 0 saturated heterocycles. The van der Waals surface area contributed by atoms with Crippen molar-refractivity contribution < 1.29 is 45.2 Å². The van der Waals surface area contributed by atoms with Gasteiger partial charge in [-0.15, -0.1) is 0 Å². The van der Waals surface area contributed by atoms with Gasteiger partial charge >= 0.3 is 23.7 Å². The number of amides is 1. The number of para-hydroxylation sites is 1. The summed E-state index contributed by atoms with van der Waals surface area (Å²) in [5.74, 6) is -1.56. The molecule has 6 nitrogen and oxygen atoms in total. The Hall–Kier alpha value is -2.61. The molecule has 0 heterocycles. The number of ether oxygens (including phenoxy) is 1. The molecule has 0 atom stereocenters. The van der Waals surface area contributed by atoms with Crippen molar-refractivity contribution in [3.8, 4) is 5.75 Å². The van der Waals surface area contributed by atoms with E-state index in [9.17, 15) is 45.6 Å². The number of hydrogen-bond acceptors (Lipinski definition) is 4. The van der Waals surface area contributed by atoms with Crippen molar-refractivity contribution in [1.29, 1.82) is 0 Å². The number of benzene rings is 2. The predicted octanol–water partition coefficient (Wildman–Crippen LogP) is 6.56. The summed E-state index contributed by atoms with van der Waals surface area (Å²) in [6.45, 7) is 0. The zero-order valence-corrected chi connectivity index (χ0v) is 17.7. The van der Waals surface area contributed by atoms with E-state index in [1.807, 2.05) is 0 Å². The Morgan fingerprint density at radius 1 is 1.12 bits per heavy atom. The number of methoxy groups -OCH3 is 1. The quantitative estimate of drug-likeness (QED) is 0.258. The zero-order valence-electron chi connectivity index (χ0n) is 15.4. The lowest BCUT2D eigenvalue weighted by Crippen LogP contribution is -2.50. The van der Waals surface area contributed by atoms with E-state index < -0.39 is 61.0 Å². The molecule has 15 heteroatoms. The Balaban J connectivity index is 2.55. The lowest BCUT2D eigenvalue weighted by molar-refractivity contribution is -0.385. The molecule has 2 aromatic rings. The average molecular weight is 554 g/mol. The van der Waals surface area contributed by atoms with Gasteiger partial charge in [0.05, 0.1) is 28.3 Å². The maximum Gasteiger partial charge on any atom is 0.435 e. The molecule has 0 aliphatic carbocycles. The molecule has 2 aromatic carbocycles. The second kappa shape index (κ2) is 8.73. The summed E-state index contributed by atoms with van der Waals surface area (Å²) in [6.07, 6.45) is -12.7. The number of rotatable bonds is 5. The van der Waals surface area contributed by atoms with Crippen LogP contribution in [0.2, 0.25) is 5.02 Å². The highest BCUT2D eigenvalue weighted by Crippen LogP contribution is 2.54.